The average molecular weight is 191 g/mol. The van der Waals surface area contributed by atoms with Crippen LogP contribution in [0.2, 0.25) is 0 Å². The van der Waals surface area contributed by atoms with Crippen molar-refractivity contribution in [2.24, 2.45) is 5.92 Å². The van der Waals surface area contributed by atoms with Crippen LogP contribution in [0.1, 0.15) is 25.8 Å². The van der Waals surface area contributed by atoms with Gasteiger partial charge >= 0.3 is 0 Å². The first kappa shape index (κ1) is 10.8. The van der Waals surface area contributed by atoms with E-state index in [1.807, 2.05) is 44.2 Å². The summed E-state index contributed by atoms with van der Waals surface area (Å²) in [7, 11) is 0. The van der Waals surface area contributed by atoms with Crippen molar-refractivity contribution >= 4 is 5.91 Å². The van der Waals surface area contributed by atoms with Crippen LogP contribution in [0.5, 0.6) is 0 Å². The van der Waals surface area contributed by atoms with Crippen LogP contribution in [0.4, 0.5) is 0 Å². The van der Waals surface area contributed by atoms with Gasteiger partial charge in [-0.3, -0.25) is 4.79 Å². The zero-order chi connectivity index (χ0) is 10.4. The second-order valence-electron chi connectivity index (χ2n) is 3.51. The number of benzene rings is 1. The number of amides is 1. The van der Waals surface area contributed by atoms with Crippen molar-refractivity contribution < 1.29 is 4.79 Å². The molecule has 0 bridgehead atoms. The molecule has 0 saturated carbocycles. The van der Waals surface area contributed by atoms with Gasteiger partial charge in [-0.1, -0.05) is 44.2 Å². The molecular formula is C12H17NO. The third-order valence-corrected chi connectivity index (χ3v) is 2.37. The molecule has 0 aromatic heterocycles. The Morgan fingerprint density at radius 2 is 2.00 bits per heavy atom. The molecule has 0 fully saturated rings. The predicted molar refractivity (Wildman–Crippen MR) is 57.7 cm³/mol. The van der Waals surface area contributed by atoms with Crippen molar-refractivity contribution in [1.82, 2.24) is 5.32 Å². The summed E-state index contributed by atoms with van der Waals surface area (Å²) in [6.45, 7) is 4.59. The Kier molecular flexibility index (Phi) is 4.17. The molecule has 0 aliphatic rings. The number of hydrogen-bond donors (Lipinski definition) is 1. The molecule has 0 aliphatic carbocycles. The monoisotopic (exact) mass is 191 g/mol. The van der Waals surface area contributed by atoms with E-state index in [-0.39, 0.29) is 11.8 Å². The van der Waals surface area contributed by atoms with Gasteiger partial charge < -0.3 is 5.32 Å². The summed E-state index contributed by atoms with van der Waals surface area (Å²) in [6, 6.07) is 9.95. The van der Waals surface area contributed by atoms with E-state index in [4.69, 9.17) is 0 Å². The van der Waals surface area contributed by atoms with E-state index < -0.39 is 0 Å². The molecule has 0 saturated heterocycles. The van der Waals surface area contributed by atoms with Crippen LogP contribution < -0.4 is 5.32 Å². The fourth-order valence-corrected chi connectivity index (χ4v) is 1.14. The maximum absolute atomic E-state index is 11.4. The Hall–Kier alpha value is -1.31. The minimum atomic E-state index is 0.110. The predicted octanol–water partition coefficient (Wildman–Crippen LogP) is 2.35. The van der Waals surface area contributed by atoms with Gasteiger partial charge in [-0.15, -0.1) is 0 Å². The average Bonchev–Trinajstić information content (AvgIpc) is 2.26. The molecule has 0 unspecified atom stereocenters. The lowest BCUT2D eigenvalue weighted by Crippen LogP contribution is -2.28. The third kappa shape index (κ3) is 3.21. The van der Waals surface area contributed by atoms with Crippen molar-refractivity contribution in [3.63, 3.8) is 0 Å². The van der Waals surface area contributed by atoms with Crippen LogP contribution >= 0.6 is 0 Å². The minimum absolute atomic E-state index is 0.110. The normalized spacial score (nSPS) is 12.1. The Morgan fingerprint density at radius 3 is 2.57 bits per heavy atom. The van der Waals surface area contributed by atoms with Crippen LogP contribution in [0.3, 0.4) is 0 Å². The molecule has 1 aromatic carbocycles. The summed E-state index contributed by atoms with van der Waals surface area (Å²) in [6.07, 6.45) is 0.890. The number of rotatable bonds is 4. The summed E-state index contributed by atoms with van der Waals surface area (Å²) in [5.74, 6) is 0.245. The summed E-state index contributed by atoms with van der Waals surface area (Å²) >= 11 is 0. The SMILES string of the molecule is CC[C@@H](C)C(=O)NCc1ccccc1. The van der Waals surface area contributed by atoms with E-state index in [1.165, 1.54) is 0 Å². The van der Waals surface area contributed by atoms with E-state index >= 15 is 0 Å². The third-order valence-electron chi connectivity index (χ3n) is 2.37. The molecule has 0 heterocycles. The number of carbonyl (C=O) groups is 1. The van der Waals surface area contributed by atoms with Gasteiger partial charge in [0, 0.05) is 12.5 Å². The fourth-order valence-electron chi connectivity index (χ4n) is 1.14. The molecule has 1 aromatic rings. The molecule has 2 heteroatoms. The first-order chi connectivity index (χ1) is 6.74. The van der Waals surface area contributed by atoms with Crippen LogP contribution in [0.25, 0.3) is 0 Å². The van der Waals surface area contributed by atoms with Gasteiger partial charge in [0.2, 0.25) is 5.91 Å². The zero-order valence-electron chi connectivity index (χ0n) is 8.79. The van der Waals surface area contributed by atoms with Crippen molar-refractivity contribution in [1.29, 1.82) is 0 Å². The largest absolute Gasteiger partial charge is 0.352 e. The highest BCUT2D eigenvalue weighted by Crippen LogP contribution is 2.02. The van der Waals surface area contributed by atoms with Gasteiger partial charge in [-0.2, -0.15) is 0 Å². The van der Waals surface area contributed by atoms with Gasteiger partial charge in [0.05, 0.1) is 0 Å². The first-order valence-electron chi connectivity index (χ1n) is 5.05. The van der Waals surface area contributed by atoms with Crippen LogP contribution in [0, 0.1) is 5.92 Å². The maximum Gasteiger partial charge on any atom is 0.223 e. The second-order valence-corrected chi connectivity index (χ2v) is 3.51. The fraction of sp³-hybridized carbons (Fsp3) is 0.417. The van der Waals surface area contributed by atoms with Crippen molar-refractivity contribution in [3.05, 3.63) is 35.9 Å². The number of carbonyl (C=O) groups excluding carboxylic acids is 1. The Labute approximate surface area is 85.3 Å². The van der Waals surface area contributed by atoms with Crippen LogP contribution in [-0.4, -0.2) is 5.91 Å². The maximum atomic E-state index is 11.4. The van der Waals surface area contributed by atoms with Gasteiger partial charge in [0.1, 0.15) is 0 Å². The Bertz CT molecular complexity index is 282. The molecule has 0 radical (unpaired) electrons. The van der Waals surface area contributed by atoms with Crippen molar-refractivity contribution in [3.8, 4) is 0 Å². The molecule has 0 spiro atoms. The minimum Gasteiger partial charge on any atom is -0.352 e. The number of hydrogen-bond acceptors (Lipinski definition) is 1. The van der Waals surface area contributed by atoms with E-state index in [1.54, 1.807) is 0 Å². The van der Waals surface area contributed by atoms with E-state index in [0.29, 0.717) is 6.54 Å². The quantitative estimate of drug-likeness (QED) is 0.777. The Morgan fingerprint density at radius 1 is 1.36 bits per heavy atom. The van der Waals surface area contributed by atoms with Gasteiger partial charge in [0.25, 0.3) is 0 Å². The van der Waals surface area contributed by atoms with Crippen LogP contribution in [-0.2, 0) is 11.3 Å². The Balaban J connectivity index is 2.38. The molecule has 14 heavy (non-hydrogen) atoms. The molecule has 1 amide bonds. The first-order valence-corrected chi connectivity index (χ1v) is 5.05. The molecule has 76 valence electrons. The van der Waals surface area contributed by atoms with E-state index in [9.17, 15) is 4.79 Å². The summed E-state index contributed by atoms with van der Waals surface area (Å²) in [4.78, 5) is 11.4. The van der Waals surface area contributed by atoms with Gasteiger partial charge in [-0.05, 0) is 12.0 Å². The number of nitrogens with one attached hydrogen (secondary N) is 1. The molecule has 1 atom stereocenters. The lowest BCUT2D eigenvalue weighted by atomic mass is 10.1. The molecule has 0 aliphatic heterocycles. The zero-order valence-corrected chi connectivity index (χ0v) is 8.79. The standard InChI is InChI=1S/C12H17NO/c1-3-10(2)12(14)13-9-11-7-5-4-6-8-11/h4-8,10H,3,9H2,1-2H3,(H,13,14)/t10-/m1/s1. The highest BCUT2D eigenvalue weighted by Gasteiger charge is 2.08. The molecular weight excluding hydrogens is 174 g/mol. The van der Waals surface area contributed by atoms with E-state index in [2.05, 4.69) is 5.32 Å². The second kappa shape index (κ2) is 5.43. The summed E-state index contributed by atoms with van der Waals surface area (Å²) in [5, 5.41) is 2.91. The summed E-state index contributed by atoms with van der Waals surface area (Å²) in [5.41, 5.74) is 1.14. The van der Waals surface area contributed by atoms with Crippen LogP contribution in [0.15, 0.2) is 30.3 Å². The topological polar surface area (TPSA) is 29.1 Å². The highest BCUT2D eigenvalue weighted by atomic mass is 16.1. The smallest absolute Gasteiger partial charge is 0.223 e. The van der Waals surface area contributed by atoms with E-state index in [0.717, 1.165) is 12.0 Å². The van der Waals surface area contributed by atoms with Gasteiger partial charge in [-0.25, -0.2) is 0 Å². The van der Waals surface area contributed by atoms with Gasteiger partial charge in [0.15, 0.2) is 0 Å². The lowest BCUT2D eigenvalue weighted by Gasteiger charge is -2.09. The highest BCUT2D eigenvalue weighted by molar-refractivity contribution is 5.78. The van der Waals surface area contributed by atoms with Crippen molar-refractivity contribution in [2.75, 3.05) is 0 Å². The lowest BCUT2D eigenvalue weighted by molar-refractivity contribution is -0.124. The summed E-state index contributed by atoms with van der Waals surface area (Å²) < 4.78 is 0. The van der Waals surface area contributed by atoms with Crippen molar-refractivity contribution in [2.45, 2.75) is 26.8 Å². The molecule has 1 N–H and O–H groups in total. The molecule has 1 rings (SSSR count). The molecule has 2 nitrogen and oxygen atoms in total.